The van der Waals surface area contributed by atoms with Crippen molar-refractivity contribution in [1.29, 1.82) is 0 Å². The van der Waals surface area contributed by atoms with E-state index < -0.39 is 40.7 Å². The first-order valence-corrected chi connectivity index (χ1v) is 12.0. The molecule has 2 aromatic rings. The number of carbonyl (C=O) groups is 2. The zero-order chi connectivity index (χ0) is 24.2. The maximum atomic E-state index is 13.2. The predicted molar refractivity (Wildman–Crippen MR) is 121 cm³/mol. The molecule has 0 radical (unpaired) electrons. The van der Waals surface area contributed by atoms with Gasteiger partial charge in [0.25, 0.3) is 5.91 Å². The molecule has 0 bridgehead atoms. The second kappa shape index (κ2) is 10.3. The fraction of sp³-hybridized carbons (Fsp3) is 0.391. The maximum absolute atomic E-state index is 13.2. The van der Waals surface area contributed by atoms with Crippen LogP contribution in [0.4, 0.5) is 5.69 Å². The standard InChI is InChI=1S/C23H28N2O7S/c1-4-31-21-8-6-5-7-19(21)24-22(27)14-32-23(28)20-12-17(26)13-25(20)33(29,30)18-10-9-15(2)16(3)11-18/h5-11,17,20,26H,4,12-14H2,1-3H3,(H,24,27). The Kier molecular flexibility index (Phi) is 7.72. The monoisotopic (exact) mass is 476 g/mol. The van der Waals surface area contributed by atoms with Crippen LogP contribution < -0.4 is 10.1 Å². The highest BCUT2D eigenvalue weighted by Crippen LogP contribution is 2.28. The van der Waals surface area contributed by atoms with Gasteiger partial charge in [-0.1, -0.05) is 18.2 Å². The fourth-order valence-corrected chi connectivity index (χ4v) is 5.26. The summed E-state index contributed by atoms with van der Waals surface area (Å²) in [5.41, 5.74) is 2.15. The van der Waals surface area contributed by atoms with Gasteiger partial charge >= 0.3 is 5.97 Å². The number of benzene rings is 2. The summed E-state index contributed by atoms with van der Waals surface area (Å²) >= 11 is 0. The molecule has 1 aliphatic heterocycles. The molecule has 2 aromatic carbocycles. The molecule has 1 fully saturated rings. The van der Waals surface area contributed by atoms with Gasteiger partial charge in [0.05, 0.1) is 23.3 Å². The van der Waals surface area contributed by atoms with Crippen LogP contribution in [-0.4, -0.2) is 61.6 Å². The van der Waals surface area contributed by atoms with Crippen molar-refractivity contribution in [3.63, 3.8) is 0 Å². The van der Waals surface area contributed by atoms with Crippen LogP contribution >= 0.6 is 0 Å². The van der Waals surface area contributed by atoms with Crippen LogP contribution in [-0.2, 0) is 24.3 Å². The number of carbonyl (C=O) groups excluding carboxylic acids is 2. The van der Waals surface area contributed by atoms with Gasteiger partial charge in [0.2, 0.25) is 10.0 Å². The van der Waals surface area contributed by atoms with Crippen molar-refractivity contribution in [2.75, 3.05) is 25.1 Å². The number of aliphatic hydroxyl groups is 1. The Morgan fingerprint density at radius 1 is 1.15 bits per heavy atom. The van der Waals surface area contributed by atoms with E-state index in [4.69, 9.17) is 9.47 Å². The van der Waals surface area contributed by atoms with Crippen LogP contribution in [0.2, 0.25) is 0 Å². The number of ether oxygens (including phenoxy) is 2. The van der Waals surface area contributed by atoms with Crippen molar-refractivity contribution in [2.45, 2.75) is 44.2 Å². The van der Waals surface area contributed by atoms with Crippen molar-refractivity contribution in [3.8, 4) is 5.75 Å². The lowest BCUT2D eigenvalue weighted by molar-refractivity contribution is -0.150. The van der Waals surface area contributed by atoms with E-state index in [0.29, 0.717) is 18.0 Å². The normalized spacial score (nSPS) is 18.7. The van der Waals surface area contributed by atoms with Gasteiger partial charge in [0.1, 0.15) is 11.8 Å². The summed E-state index contributed by atoms with van der Waals surface area (Å²) in [5.74, 6) is -1.02. The van der Waals surface area contributed by atoms with Gasteiger partial charge in [-0.05, 0) is 56.2 Å². The minimum absolute atomic E-state index is 0.0303. The van der Waals surface area contributed by atoms with Gasteiger partial charge in [-0.2, -0.15) is 4.31 Å². The largest absolute Gasteiger partial charge is 0.492 e. The van der Waals surface area contributed by atoms with E-state index in [-0.39, 0.29) is 17.9 Å². The number of hydrogen-bond acceptors (Lipinski definition) is 7. The molecule has 1 saturated heterocycles. The number of amides is 1. The summed E-state index contributed by atoms with van der Waals surface area (Å²) in [6.45, 7) is 5.04. The second-order valence-electron chi connectivity index (χ2n) is 7.81. The van der Waals surface area contributed by atoms with Crippen molar-refractivity contribution in [1.82, 2.24) is 4.31 Å². The van der Waals surface area contributed by atoms with Crippen molar-refractivity contribution >= 4 is 27.6 Å². The van der Waals surface area contributed by atoms with E-state index in [9.17, 15) is 23.1 Å². The third-order valence-corrected chi connectivity index (χ3v) is 7.27. The average molecular weight is 477 g/mol. The first-order valence-electron chi connectivity index (χ1n) is 10.6. The lowest BCUT2D eigenvalue weighted by Gasteiger charge is -2.22. The highest BCUT2D eigenvalue weighted by Gasteiger charge is 2.44. The minimum Gasteiger partial charge on any atom is -0.492 e. The molecule has 10 heteroatoms. The number of nitrogens with zero attached hydrogens (tertiary/aromatic N) is 1. The van der Waals surface area contributed by atoms with E-state index in [1.807, 2.05) is 13.8 Å². The van der Waals surface area contributed by atoms with Crippen LogP contribution in [0.5, 0.6) is 5.75 Å². The van der Waals surface area contributed by atoms with Crippen LogP contribution in [0.1, 0.15) is 24.5 Å². The van der Waals surface area contributed by atoms with E-state index in [1.54, 1.807) is 37.3 Å². The third-order valence-electron chi connectivity index (χ3n) is 5.40. The lowest BCUT2D eigenvalue weighted by Crippen LogP contribution is -2.42. The van der Waals surface area contributed by atoms with Gasteiger partial charge in [-0.15, -0.1) is 0 Å². The second-order valence-corrected chi connectivity index (χ2v) is 9.70. The van der Waals surface area contributed by atoms with E-state index in [1.165, 1.54) is 12.1 Å². The number of anilines is 1. The number of nitrogens with one attached hydrogen (secondary N) is 1. The molecule has 0 saturated carbocycles. The molecule has 0 spiro atoms. The first-order chi connectivity index (χ1) is 15.6. The quantitative estimate of drug-likeness (QED) is 0.559. The first kappa shape index (κ1) is 24.7. The van der Waals surface area contributed by atoms with Crippen molar-refractivity contribution in [2.24, 2.45) is 0 Å². The molecule has 2 N–H and O–H groups in total. The molecule has 1 amide bonds. The molecule has 3 rings (SSSR count). The zero-order valence-electron chi connectivity index (χ0n) is 18.8. The van der Waals surface area contributed by atoms with Crippen LogP contribution in [0.3, 0.4) is 0 Å². The molecule has 2 atom stereocenters. The Balaban J connectivity index is 1.68. The van der Waals surface area contributed by atoms with E-state index in [0.717, 1.165) is 15.4 Å². The molecular formula is C23H28N2O7S. The third kappa shape index (κ3) is 5.70. The highest BCUT2D eigenvalue weighted by molar-refractivity contribution is 7.89. The number of esters is 1. The van der Waals surface area contributed by atoms with Crippen LogP contribution in [0, 0.1) is 13.8 Å². The molecule has 33 heavy (non-hydrogen) atoms. The number of hydrogen-bond donors (Lipinski definition) is 2. The molecule has 0 aliphatic carbocycles. The van der Waals surface area contributed by atoms with E-state index in [2.05, 4.69) is 5.32 Å². The van der Waals surface area contributed by atoms with Crippen molar-refractivity contribution < 1.29 is 32.6 Å². The molecule has 1 heterocycles. The molecule has 1 aliphatic rings. The molecule has 178 valence electrons. The Morgan fingerprint density at radius 2 is 1.88 bits per heavy atom. The topological polar surface area (TPSA) is 122 Å². The fourth-order valence-electron chi connectivity index (χ4n) is 3.54. The van der Waals surface area contributed by atoms with Crippen LogP contribution in [0.25, 0.3) is 0 Å². The Bertz CT molecular complexity index is 1130. The number of aliphatic hydroxyl groups excluding tert-OH is 1. The highest BCUT2D eigenvalue weighted by atomic mass is 32.2. The summed E-state index contributed by atoms with van der Waals surface area (Å²) in [6, 6.07) is 10.3. The Hall–Kier alpha value is -2.95. The minimum atomic E-state index is -4.05. The summed E-state index contributed by atoms with van der Waals surface area (Å²) in [4.78, 5) is 25.0. The predicted octanol–water partition coefficient (Wildman–Crippen LogP) is 2.01. The average Bonchev–Trinajstić information content (AvgIpc) is 3.18. The molecule has 9 nitrogen and oxygen atoms in total. The molecule has 2 unspecified atom stereocenters. The number of sulfonamides is 1. The summed E-state index contributed by atoms with van der Waals surface area (Å²) in [5, 5.41) is 12.7. The number of aryl methyl sites for hydroxylation is 2. The van der Waals surface area contributed by atoms with Gasteiger partial charge in [0, 0.05) is 13.0 Å². The van der Waals surface area contributed by atoms with Crippen LogP contribution in [0.15, 0.2) is 47.4 Å². The summed E-state index contributed by atoms with van der Waals surface area (Å²) in [7, 11) is -4.05. The molecule has 0 aromatic heterocycles. The van der Waals surface area contributed by atoms with Gasteiger partial charge in [-0.3, -0.25) is 9.59 Å². The molecular weight excluding hydrogens is 448 g/mol. The SMILES string of the molecule is CCOc1ccccc1NC(=O)COC(=O)C1CC(O)CN1S(=O)(=O)c1ccc(C)c(C)c1. The summed E-state index contributed by atoms with van der Waals surface area (Å²) < 4.78 is 37.8. The summed E-state index contributed by atoms with van der Waals surface area (Å²) in [6.07, 6.45) is -1.13. The lowest BCUT2D eigenvalue weighted by atomic mass is 10.1. The van der Waals surface area contributed by atoms with Gasteiger partial charge in [-0.25, -0.2) is 8.42 Å². The number of rotatable bonds is 8. The van der Waals surface area contributed by atoms with E-state index >= 15 is 0 Å². The number of para-hydroxylation sites is 2. The smallest absolute Gasteiger partial charge is 0.325 e. The van der Waals surface area contributed by atoms with Gasteiger partial charge in [0.15, 0.2) is 6.61 Å². The zero-order valence-corrected chi connectivity index (χ0v) is 19.6. The Labute approximate surface area is 193 Å². The maximum Gasteiger partial charge on any atom is 0.325 e. The van der Waals surface area contributed by atoms with Gasteiger partial charge < -0.3 is 19.9 Å². The number of β-amino-alcohol motifs (C(OH)–C–C–N with tert-alkyl or cyclic N) is 1. The Morgan fingerprint density at radius 3 is 2.58 bits per heavy atom. The van der Waals surface area contributed by atoms with Crippen molar-refractivity contribution in [3.05, 3.63) is 53.6 Å².